The predicted octanol–water partition coefficient (Wildman–Crippen LogP) is 1.87. The van der Waals surface area contributed by atoms with E-state index in [1.54, 1.807) is 38.1 Å². The van der Waals surface area contributed by atoms with Gasteiger partial charge in [-0.05, 0) is 31.5 Å². The van der Waals surface area contributed by atoms with Gasteiger partial charge in [-0.1, -0.05) is 12.1 Å². The number of hydrogen-bond acceptors (Lipinski definition) is 9. The van der Waals surface area contributed by atoms with E-state index in [1.165, 1.54) is 7.11 Å². The van der Waals surface area contributed by atoms with Crippen LogP contribution in [0.2, 0.25) is 0 Å². The van der Waals surface area contributed by atoms with Crippen molar-refractivity contribution in [3.05, 3.63) is 35.4 Å². The Balaban J connectivity index is 2.48. The van der Waals surface area contributed by atoms with Gasteiger partial charge in [-0.3, -0.25) is 15.0 Å². The fourth-order valence-corrected chi connectivity index (χ4v) is 4.41. The minimum Gasteiger partial charge on any atom is -0.463 e. The maximum atomic E-state index is 13.2. The average Bonchev–Trinajstić information content (AvgIpc) is 2.67. The topological polar surface area (TPSA) is 122 Å². The van der Waals surface area contributed by atoms with Gasteiger partial charge in [0.05, 0.1) is 32.0 Å². The summed E-state index contributed by atoms with van der Waals surface area (Å²) in [7, 11) is -2.36. The van der Waals surface area contributed by atoms with Crippen LogP contribution in [0.4, 0.5) is 0 Å². The summed E-state index contributed by atoms with van der Waals surface area (Å²) < 4.78 is 28.8. The molecule has 0 amide bonds. The molecule has 140 valence electrons. The Morgan fingerprint density at radius 3 is 2.38 bits per heavy atom. The maximum absolute atomic E-state index is 13.2. The lowest BCUT2D eigenvalue weighted by Gasteiger charge is -2.34. The van der Waals surface area contributed by atoms with Crippen LogP contribution in [0.5, 0.6) is 0 Å². The fourth-order valence-electron chi connectivity index (χ4n) is 2.49. The van der Waals surface area contributed by atoms with Gasteiger partial charge in [0, 0.05) is 0 Å². The van der Waals surface area contributed by atoms with E-state index < -0.39 is 25.4 Å². The van der Waals surface area contributed by atoms with E-state index in [9.17, 15) is 9.36 Å². The number of benzene rings is 1. The van der Waals surface area contributed by atoms with E-state index in [2.05, 4.69) is 20.6 Å². The van der Waals surface area contributed by atoms with Crippen LogP contribution in [0.3, 0.4) is 0 Å². The van der Waals surface area contributed by atoms with Crippen molar-refractivity contribution >= 4 is 19.4 Å². The second-order valence-electron chi connectivity index (χ2n) is 5.24. The summed E-state index contributed by atoms with van der Waals surface area (Å²) in [5, 5.41) is 8.96. The van der Waals surface area contributed by atoms with Crippen LogP contribution in [-0.2, 0) is 23.1 Å². The summed E-state index contributed by atoms with van der Waals surface area (Å²) in [6.07, 6.45) is 0. The van der Waals surface area contributed by atoms with Gasteiger partial charge >= 0.3 is 13.6 Å². The third-order valence-corrected chi connectivity index (χ3v) is 5.95. The van der Waals surface area contributed by atoms with Crippen molar-refractivity contribution in [2.24, 2.45) is 4.99 Å². The first-order valence-corrected chi connectivity index (χ1v) is 9.66. The summed E-state index contributed by atoms with van der Waals surface area (Å²) in [5.74, 6) is -1.60. The Labute approximate surface area is 151 Å². The van der Waals surface area contributed by atoms with Crippen LogP contribution in [-0.4, -0.2) is 37.9 Å². The summed E-state index contributed by atoms with van der Waals surface area (Å²) in [5.41, 5.74) is 6.53. The molecule has 1 aliphatic heterocycles. The van der Waals surface area contributed by atoms with Crippen LogP contribution in [0.1, 0.15) is 31.0 Å². The quantitative estimate of drug-likeness (QED) is 0.543. The number of esters is 1. The van der Waals surface area contributed by atoms with Gasteiger partial charge in [0.25, 0.3) is 0 Å². The number of rotatable bonds is 7. The zero-order valence-electron chi connectivity index (χ0n) is 14.8. The highest BCUT2D eigenvalue weighted by Gasteiger charge is 2.45. The van der Waals surface area contributed by atoms with Crippen molar-refractivity contribution in [1.29, 1.82) is 5.26 Å². The average molecular weight is 380 g/mol. The number of carbonyl (C=O) groups excluding carboxylic acids is 1. The number of carbonyl (C=O) groups is 1. The zero-order chi connectivity index (χ0) is 19.2. The van der Waals surface area contributed by atoms with Gasteiger partial charge in [-0.15, -0.1) is 0 Å². The molecule has 0 radical (unpaired) electrons. The fraction of sp³-hybridized carbons (Fsp3) is 0.438. The summed E-state index contributed by atoms with van der Waals surface area (Å²) in [4.78, 5) is 16.2. The normalized spacial score (nSPS) is 19.8. The number of amidine groups is 1. The van der Waals surface area contributed by atoms with Crippen molar-refractivity contribution in [2.75, 3.05) is 20.3 Å². The van der Waals surface area contributed by atoms with Crippen molar-refractivity contribution in [1.82, 2.24) is 10.9 Å². The number of nitrogens with zero attached hydrogens (tertiary/aromatic N) is 2. The Morgan fingerprint density at radius 1 is 1.27 bits per heavy atom. The summed E-state index contributed by atoms with van der Waals surface area (Å²) in [6.45, 7) is 3.79. The van der Waals surface area contributed by atoms with Crippen LogP contribution in [0.15, 0.2) is 29.3 Å². The molecule has 0 fully saturated rings. The Hall–Kier alpha value is -2.24. The number of hydrazine groups is 1. The van der Waals surface area contributed by atoms with Gasteiger partial charge in [-0.2, -0.15) is 5.26 Å². The van der Waals surface area contributed by atoms with Gasteiger partial charge in [0.1, 0.15) is 6.04 Å². The smallest absolute Gasteiger partial charge is 0.374 e. The number of ether oxygens (including phenoxy) is 1. The number of nitriles is 1. The molecule has 2 rings (SSSR count). The molecule has 1 aromatic carbocycles. The molecule has 0 saturated carbocycles. The van der Waals surface area contributed by atoms with Crippen molar-refractivity contribution in [3.63, 3.8) is 0 Å². The molecule has 0 unspecified atom stereocenters. The minimum atomic E-state index is -3.60. The zero-order valence-corrected chi connectivity index (χ0v) is 15.7. The lowest BCUT2D eigenvalue weighted by molar-refractivity contribution is -0.133. The Kier molecular flexibility index (Phi) is 6.89. The molecule has 10 heteroatoms. The van der Waals surface area contributed by atoms with E-state index in [4.69, 9.17) is 14.3 Å². The van der Waals surface area contributed by atoms with Crippen LogP contribution >= 0.6 is 7.60 Å². The Bertz CT molecular complexity index is 749. The van der Waals surface area contributed by atoms with Crippen LogP contribution < -0.4 is 10.9 Å². The molecule has 2 N–H and O–H groups in total. The van der Waals surface area contributed by atoms with E-state index in [0.717, 1.165) is 0 Å². The second kappa shape index (κ2) is 8.92. The highest BCUT2D eigenvalue weighted by Crippen LogP contribution is 2.56. The molecule has 26 heavy (non-hydrogen) atoms. The van der Waals surface area contributed by atoms with Crippen molar-refractivity contribution in [2.45, 2.75) is 25.7 Å². The lowest BCUT2D eigenvalue weighted by Crippen LogP contribution is -2.53. The maximum Gasteiger partial charge on any atom is 0.374 e. The molecule has 0 saturated heterocycles. The molecular weight excluding hydrogens is 359 g/mol. The van der Waals surface area contributed by atoms with Gasteiger partial charge < -0.3 is 13.8 Å². The van der Waals surface area contributed by atoms with Crippen molar-refractivity contribution in [3.8, 4) is 6.07 Å². The van der Waals surface area contributed by atoms with E-state index in [1.807, 2.05) is 6.07 Å². The van der Waals surface area contributed by atoms with Gasteiger partial charge in [0.2, 0.25) is 5.84 Å². The number of aliphatic imine (C=N–C) groups is 1. The highest BCUT2D eigenvalue weighted by atomic mass is 31.2. The molecule has 2 atom stereocenters. The minimum absolute atomic E-state index is 0.0577. The molecule has 1 heterocycles. The Morgan fingerprint density at radius 2 is 1.88 bits per heavy atom. The number of methoxy groups -OCH3 is 1. The summed E-state index contributed by atoms with van der Waals surface area (Å²) >= 11 is 0. The molecule has 0 aliphatic carbocycles. The first-order valence-electron chi connectivity index (χ1n) is 8.05. The monoisotopic (exact) mass is 380 g/mol. The second-order valence-corrected chi connectivity index (χ2v) is 7.39. The third kappa shape index (κ3) is 4.29. The highest BCUT2D eigenvalue weighted by molar-refractivity contribution is 7.54. The van der Waals surface area contributed by atoms with Crippen LogP contribution in [0, 0.1) is 11.3 Å². The first-order chi connectivity index (χ1) is 12.5. The van der Waals surface area contributed by atoms with Gasteiger partial charge in [-0.25, -0.2) is 10.2 Å². The van der Waals surface area contributed by atoms with E-state index in [0.29, 0.717) is 11.1 Å². The number of nitrogens with one attached hydrogen (secondary N) is 2. The van der Waals surface area contributed by atoms with E-state index >= 15 is 0 Å². The SMILES string of the molecule is CCOP(=O)(OCC)[C@@H]1NNC(C(=O)OC)=N[C@H]1c1ccc(C#N)cc1. The first kappa shape index (κ1) is 20.1. The molecule has 0 aromatic heterocycles. The lowest BCUT2D eigenvalue weighted by atomic mass is 10.0. The van der Waals surface area contributed by atoms with Crippen molar-refractivity contribution < 1.29 is 23.1 Å². The molecule has 9 nitrogen and oxygen atoms in total. The molecule has 0 spiro atoms. The molecule has 0 bridgehead atoms. The number of hydrogen-bond donors (Lipinski definition) is 2. The third-order valence-electron chi connectivity index (χ3n) is 3.62. The molecule has 1 aliphatic rings. The standard InChI is InChI=1S/C16H21N4O5P/c1-4-24-26(22,25-5-2)15-13(12-8-6-11(10-17)7-9-12)18-14(19-20-15)16(21)23-3/h6-9,13,15,20H,4-5H2,1-3H3,(H,18,19)/t13-,15-/m0/s1. The van der Waals surface area contributed by atoms with E-state index in [-0.39, 0.29) is 19.0 Å². The summed E-state index contributed by atoms with van der Waals surface area (Å²) in [6, 6.07) is 7.89. The van der Waals surface area contributed by atoms with Gasteiger partial charge in [0.15, 0.2) is 5.78 Å². The molecule has 1 aromatic rings. The molecular formula is C16H21N4O5P. The largest absolute Gasteiger partial charge is 0.463 e. The predicted molar refractivity (Wildman–Crippen MR) is 94.3 cm³/mol. The van der Waals surface area contributed by atoms with Crippen LogP contribution in [0.25, 0.3) is 0 Å².